The van der Waals surface area contributed by atoms with Gasteiger partial charge in [0.1, 0.15) is 5.69 Å². The fourth-order valence-corrected chi connectivity index (χ4v) is 2.25. The molecule has 0 aliphatic heterocycles. The molecule has 1 heterocycles. The van der Waals surface area contributed by atoms with Gasteiger partial charge in [0.05, 0.1) is 0 Å². The van der Waals surface area contributed by atoms with Gasteiger partial charge in [0, 0.05) is 35.7 Å². The van der Waals surface area contributed by atoms with Crippen molar-refractivity contribution in [2.24, 2.45) is 0 Å². The third kappa shape index (κ3) is 3.76. The Bertz CT molecular complexity index is 620. The molecule has 1 aromatic carbocycles. The fraction of sp³-hybridized carbons (Fsp3) is 0.438. The molecule has 0 fully saturated rings. The first kappa shape index (κ1) is 15.4. The minimum atomic E-state index is -0.0812. The lowest BCUT2D eigenvalue weighted by atomic mass is 10.2. The summed E-state index contributed by atoms with van der Waals surface area (Å²) >= 11 is 0. The Hall–Kier alpha value is -2.01. The molecule has 5 heteroatoms. The monoisotopic (exact) mass is 288 g/mol. The Kier molecular flexibility index (Phi) is 4.85. The first-order valence-corrected chi connectivity index (χ1v) is 7.38. The summed E-state index contributed by atoms with van der Waals surface area (Å²) in [5.41, 5.74) is 7.94. The van der Waals surface area contributed by atoms with E-state index in [1.807, 2.05) is 24.3 Å². The van der Waals surface area contributed by atoms with Crippen molar-refractivity contribution in [1.82, 2.24) is 15.2 Å². The second kappa shape index (κ2) is 6.63. The van der Waals surface area contributed by atoms with E-state index in [-0.39, 0.29) is 5.91 Å². The van der Waals surface area contributed by atoms with Gasteiger partial charge in [0.15, 0.2) is 0 Å². The van der Waals surface area contributed by atoms with Gasteiger partial charge >= 0.3 is 0 Å². The lowest BCUT2D eigenvalue weighted by Gasteiger charge is -2.23. The lowest BCUT2D eigenvalue weighted by Crippen LogP contribution is -2.37. The third-order valence-corrected chi connectivity index (χ3v) is 3.98. The van der Waals surface area contributed by atoms with Crippen LogP contribution in [0.1, 0.15) is 30.8 Å². The highest BCUT2D eigenvalue weighted by atomic mass is 16.1. The van der Waals surface area contributed by atoms with Gasteiger partial charge < -0.3 is 20.9 Å². The van der Waals surface area contributed by atoms with Gasteiger partial charge in [-0.1, -0.05) is 6.92 Å². The molecule has 0 aliphatic rings. The Morgan fingerprint density at radius 1 is 1.43 bits per heavy atom. The van der Waals surface area contributed by atoms with Crippen LogP contribution in [0.4, 0.5) is 5.69 Å². The van der Waals surface area contributed by atoms with Crippen molar-refractivity contribution in [3.63, 3.8) is 0 Å². The molecule has 4 N–H and O–H groups in total. The van der Waals surface area contributed by atoms with E-state index in [0.717, 1.165) is 23.9 Å². The summed E-state index contributed by atoms with van der Waals surface area (Å²) in [6, 6.07) is 7.93. The molecule has 0 saturated heterocycles. The van der Waals surface area contributed by atoms with Crippen molar-refractivity contribution in [1.29, 1.82) is 0 Å². The van der Waals surface area contributed by atoms with Crippen LogP contribution < -0.4 is 11.1 Å². The van der Waals surface area contributed by atoms with Crippen LogP contribution in [-0.2, 0) is 0 Å². The van der Waals surface area contributed by atoms with Gasteiger partial charge in [-0.2, -0.15) is 0 Å². The van der Waals surface area contributed by atoms with Crippen LogP contribution in [-0.4, -0.2) is 42.0 Å². The first-order chi connectivity index (χ1) is 10.0. The number of benzene rings is 1. The standard InChI is InChI=1S/C16H24N4O/c1-4-11(2)20(3)8-7-18-16(21)15-10-12-9-13(17)5-6-14(12)19-15/h5-6,9-11,19H,4,7-8,17H2,1-3H3,(H,18,21). The van der Waals surface area contributed by atoms with Crippen LogP contribution in [0.2, 0.25) is 0 Å². The number of H-pyrrole nitrogens is 1. The second-order valence-electron chi connectivity index (χ2n) is 5.52. The quantitative estimate of drug-likeness (QED) is 0.713. The van der Waals surface area contributed by atoms with E-state index in [1.54, 1.807) is 0 Å². The molecule has 5 nitrogen and oxygen atoms in total. The minimum Gasteiger partial charge on any atom is -0.399 e. The maximum Gasteiger partial charge on any atom is 0.267 e. The Morgan fingerprint density at radius 2 is 2.19 bits per heavy atom. The van der Waals surface area contributed by atoms with Gasteiger partial charge in [-0.05, 0) is 44.7 Å². The van der Waals surface area contributed by atoms with Crippen molar-refractivity contribution in [2.75, 3.05) is 25.9 Å². The number of nitrogens with zero attached hydrogens (tertiary/aromatic N) is 1. The normalized spacial score (nSPS) is 12.8. The van der Waals surface area contributed by atoms with Gasteiger partial charge in [0.25, 0.3) is 5.91 Å². The average molecular weight is 288 g/mol. The summed E-state index contributed by atoms with van der Waals surface area (Å²) in [4.78, 5) is 17.5. The number of carbonyl (C=O) groups excluding carboxylic acids is 1. The molecule has 21 heavy (non-hydrogen) atoms. The van der Waals surface area contributed by atoms with E-state index in [1.165, 1.54) is 0 Å². The highest BCUT2D eigenvalue weighted by Crippen LogP contribution is 2.18. The van der Waals surface area contributed by atoms with E-state index in [2.05, 4.69) is 36.1 Å². The number of amides is 1. The fourth-order valence-electron chi connectivity index (χ4n) is 2.25. The zero-order chi connectivity index (χ0) is 15.4. The number of anilines is 1. The van der Waals surface area contributed by atoms with E-state index in [4.69, 9.17) is 5.73 Å². The molecule has 1 amide bonds. The average Bonchev–Trinajstić information content (AvgIpc) is 2.89. The number of fused-ring (bicyclic) bond motifs is 1. The predicted octanol–water partition coefficient (Wildman–Crippen LogP) is 2.21. The van der Waals surface area contributed by atoms with E-state index in [0.29, 0.717) is 24.0 Å². The van der Waals surface area contributed by atoms with Crippen LogP contribution in [0.25, 0.3) is 10.9 Å². The SMILES string of the molecule is CCC(C)N(C)CCNC(=O)c1cc2cc(N)ccc2[nH]1. The molecule has 0 bridgehead atoms. The summed E-state index contributed by atoms with van der Waals surface area (Å²) in [5, 5.41) is 3.90. The second-order valence-corrected chi connectivity index (χ2v) is 5.52. The van der Waals surface area contributed by atoms with Crippen molar-refractivity contribution in [3.05, 3.63) is 30.0 Å². The number of aromatic nitrogens is 1. The van der Waals surface area contributed by atoms with Crippen LogP contribution >= 0.6 is 0 Å². The smallest absolute Gasteiger partial charge is 0.267 e. The topological polar surface area (TPSA) is 74.2 Å². The molecular formula is C16H24N4O. The molecule has 1 unspecified atom stereocenters. The molecule has 114 valence electrons. The molecule has 0 aliphatic carbocycles. The van der Waals surface area contributed by atoms with Crippen LogP contribution in [0, 0.1) is 0 Å². The molecular weight excluding hydrogens is 264 g/mol. The van der Waals surface area contributed by atoms with Crippen molar-refractivity contribution in [3.8, 4) is 0 Å². The van der Waals surface area contributed by atoms with E-state index < -0.39 is 0 Å². The van der Waals surface area contributed by atoms with Crippen LogP contribution in [0.3, 0.4) is 0 Å². The summed E-state index contributed by atoms with van der Waals surface area (Å²) in [6.45, 7) is 5.82. The number of aromatic amines is 1. The predicted molar refractivity (Wildman–Crippen MR) is 87.4 cm³/mol. The van der Waals surface area contributed by atoms with Gasteiger partial charge in [-0.25, -0.2) is 0 Å². The third-order valence-electron chi connectivity index (χ3n) is 3.98. The van der Waals surface area contributed by atoms with E-state index >= 15 is 0 Å². The van der Waals surface area contributed by atoms with Crippen LogP contribution in [0.5, 0.6) is 0 Å². The maximum absolute atomic E-state index is 12.1. The zero-order valence-corrected chi connectivity index (χ0v) is 12.9. The van der Waals surface area contributed by atoms with E-state index in [9.17, 15) is 4.79 Å². The number of nitrogens with two attached hydrogens (primary N) is 1. The number of carbonyl (C=O) groups is 1. The molecule has 1 aromatic heterocycles. The van der Waals surface area contributed by atoms with Gasteiger partial charge in [0.2, 0.25) is 0 Å². The zero-order valence-electron chi connectivity index (χ0n) is 12.9. The Labute approximate surface area is 125 Å². The minimum absolute atomic E-state index is 0.0812. The maximum atomic E-state index is 12.1. The number of rotatable bonds is 6. The Morgan fingerprint density at radius 3 is 2.90 bits per heavy atom. The highest BCUT2D eigenvalue weighted by molar-refractivity contribution is 5.98. The summed E-state index contributed by atoms with van der Waals surface area (Å²) in [5.74, 6) is -0.0812. The molecule has 0 radical (unpaired) electrons. The van der Waals surface area contributed by atoms with Gasteiger partial charge in [-0.3, -0.25) is 4.79 Å². The number of nitrogen functional groups attached to an aromatic ring is 1. The number of nitrogens with one attached hydrogen (secondary N) is 2. The van der Waals surface area contributed by atoms with Crippen molar-refractivity contribution >= 4 is 22.5 Å². The van der Waals surface area contributed by atoms with Crippen molar-refractivity contribution < 1.29 is 4.79 Å². The molecule has 0 saturated carbocycles. The lowest BCUT2D eigenvalue weighted by molar-refractivity contribution is 0.0943. The number of hydrogen-bond donors (Lipinski definition) is 3. The van der Waals surface area contributed by atoms with Gasteiger partial charge in [-0.15, -0.1) is 0 Å². The van der Waals surface area contributed by atoms with Crippen molar-refractivity contribution in [2.45, 2.75) is 26.3 Å². The Balaban J connectivity index is 1.93. The molecule has 2 aromatic rings. The summed E-state index contributed by atoms with van der Waals surface area (Å²) in [6.07, 6.45) is 1.11. The highest BCUT2D eigenvalue weighted by Gasteiger charge is 2.10. The molecule has 0 spiro atoms. The first-order valence-electron chi connectivity index (χ1n) is 7.38. The molecule has 1 atom stereocenters. The largest absolute Gasteiger partial charge is 0.399 e. The van der Waals surface area contributed by atoms with Crippen LogP contribution in [0.15, 0.2) is 24.3 Å². The molecule has 2 rings (SSSR count). The number of hydrogen-bond acceptors (Lipinski definition) is 3. The summed E-state index contributed by atoms with van der Waals surface area (Å²) in [7, 11) is 2.08. The number of likely N-dealkylation sites (N-methyl/N-ethyl adjacent to an activating group) is 1. The summed E-state index contributed by atoms with van der Waals surface area (Å²) < 4.78 is 0.